The predicted molar refractivity (Wildman–Crippen MR) is 100 cm³/mol. The van der Waals surface area contributed by atoms with Crippen molar-refractivity contribution >= 4 is 6.08 Å². The van der Waals surface area contributed by atoms with Gasteiger partial charge in [-0.3, -0.25) is 0 Å². The van der Waals surface area contributed by atoms with Crippen LogP contribution >= 0.6 is 0 Å². The first-order valence-corrected chi connectivity index (χ1v) is 9.41. The molecule has 26 heavy (non-hydrogen) atoms. The highest BCUT2D eigenvalue weighted by Gasteiger charge is 2.42. The molecule has 3 atom stereocenters. The van der Waals surface area contributed by atoms with Gasteiger partial charge >= 0.3 is 0 Å². The van der Waals surface area contributed by atoms with Crippen LogP contribution in [0.15, 0.2) is 12.1 Å². The summed E-state index contributed by atoms with van der Waals surface area (Å²) in [5.74, 6) is 0.899. The van der Waals surface area contributed by atoms with Gasteiger partial charge in [-0.1, -0.05) is 32.3 Å². The third kappa shape index (κ3) is 3.48. The second-order valence-corrected chi connectivity index (χ2v) is 7.57. The SMILES string of the molecule is CCCCC[C@@H]1O[C@H](OC)c2c3c(cc(O)c2[C@H]1OC)C=CC(C)(C)O3. The van der Waals surface area contributed by atoms with Gasteiger partial charge in [0, 0.05) is 25.3 Å². The molecule has 1 N–H and O–H groups in total. The predicted octanol–water partition coefficient (Wildman–Crippen LogP) is 4.89. The Labute approximate surface area is 155 Å². The Kier molecular flexibility index (Phi) is 5.61. The zero-order valence-electron chi connectivity index (χ0n) is 16.4. The smallest absolute Gasteiger partial charge is 0.188 e. The third-order valence-electron chi connectivity index (χ3n) is 5.11. The maximum Gasteiger partial charge on any atom is 0.188 e. The quantitative estimate of drug-likeness (QED) is 0.730. The van der Waals surface area contributed by atoms with Crippen LogP contribution in [-0.4, -0.2) is 31.0 Å². The molecule has 2 heterocycles. The molecule has 5 heteroatoms. The number of fused-ring (bicyclic) bond motifs is 3. The van der Waals surface area contributed by atoms with Crippen molar-refractivity contribution < 1.29 is 24.1 Å². The first-order valence-electron chi connectivity index (χ1n) is 9.41. The molecule has 5 nitrogen and oxygen atoms in total. The van der Waals surface area contributed by atoms with Gasteiger partial charge in [-0.25, -0.2) is 0 Å². The summed E-state index contributed by atoms with van der Waals surface area (Å²) >= 11 is 0. The lowest BCUT2D eigenvalue weighted by Gasteiger charge is -2.40. The molecule has 0 saturated heterocycles. The van der Waals surface area contributed by atoms with Crippen LogP contribution in [-0.2, 0) is 14.2 Å². The van der Waals surface area contributed by atoms with Crippen LogP contribution < -0.4 is 4.74 Å². The lowest BCUT2D eigenvalue weighted by atomic mass is 9.87. The van der Waals surface area contributed by atoms with Crippen molar-refractivity contribution in [3.63, 3.8) is 0 Å². The highest BCUT2D eigenvalue weighted by molar-refractivity contribution is 5.68. The second-order valence-electron chi connectivity index (χ2n) is 7.57. The fourth-order valence-electron chi connectivity index (χ4n) is 3.81. The van der Waals surface area contributed by atoms with Crippen molar-refractivity contribution in [2.24, 2.45) is 0 Å². The average Bonchev–Trinajstić information content (AvgIpc) is 2.61. The molecule has 0 fully saturated rings. The summed E-state index contributed by atoms with van der Waals surface area (Å²) in [6.07, 6.45) is 7.03. The molecular formula is C21H30O5. The van der Waals surface area contributed by atoms with E-state index in [0.717, 1.165) is 42.4 Å². The van der Waals surface area contributed by atoms with E-state index in [2.05, 4.69) is 6.92 Å². The van der Waals surface area contributed by atoms with Crippen molar-refractivity contribution in [1.82, 2.24) is 0 Å². The third-order valence-corrected chi connectivity index (χ3v) is 5.11. The first-order chi connectivity index (χ1) is 12.4. The number of rotatable bonds is 6. The van der Waals surface area contributed by atoms with Crippen LogP contribution in [0.5, 0.6) is 11.5 Å². The Morgan fingerprint density at radius 3 is 2.58 bits per heavy atom. The molecule has 3 rings (SSSR count). The summed E-state index contributed by atoms with van der Waals surface area (Å²) in [5, 5.41) is 10.8. The van der Waals surface area contributed by atoms with Gasteiger partial charge in [-0.15, -0.1) is 0 Å². The monoisotopic (exact) mass is 362 g/mol. The summed E-state index contributed by atoms with van der Waals surface area (Å²) in [7, 11) is 3.27. The fourth-order valence-corrected chi connectivity index (χ4v) is 3.81. The van der Waals surface area contributed by atoms with E-state index < -0.39 is 11.9 Å². The molecule has 0 spiro atoms. The molecular weight excluding hydrogens is 332 g/mol. The van der Waals surface area contributed by atoms with E-state index in [4.69, 9.17) is 18.9 Å². The summed E-state index contributed by atoms with van der Waals surface area (Å²) in [6.45, 7) is 6.17. The van der Waals surface area contributed by atoms with Crippen molar-refractivity contribution in [3.05, 3.63) is 28.8 Å². The minimum Gasteiger partial charge on any atom is -0.508 e. The van der Waals surface area contributed by atoms with Crippen molar-refractivity contribution in [1.29, 1.82) is 0 Å². The molecule has 1 aromatic carbocycles. The largest absolute Gasteiger partial charge is 0.508 e. The number of phenolic OH excluding ortho intramolecular Hbond substituents is 1. The van der Waals surface area contributed by atoms with Gasteiger partial charge in [-0.2, -0.15) is 0 Å². The molecule has 0 amide bonds. The van der Waals surface area contributed by atoms with Crippen molar-refractivity contribution in [2.45, 2.75) is 70.6 Å². The topological polar surface area (TPSA) is 57.2 Å². The zero-order valence-corrected chi connectivity index (χ0v) is 16.4. The van der Waals surface area contributed by atoms with Crippen LogP contribution in [0.4, 0.5) is 0 Å². The number of aromatic hydroxyl groups is 1. The maximum atomic E-state index is 10.8. The Hall–Kier alpha value is -1.56. The molecule has 2 aliphatic heterocycles. The first kappa shape index (κ1) is 19.2. The van der Waals surface area contributed by atoms with Crippen molar-refractivity contribution in [3.8, 4) is 11.5 Å². The van der Waals surface area contributed by atoms with Gasteiger partial charge in [0.25, 0.3) is 0 Å². The molecule has 0 radical (unpaired) electrons. The Morgan fingerprint density at radius 1 is 1.15 bits per heavy atom. The van der Waals surface area contributed by atoms with E-state index >= 15 is 0 Å². The van der Waals surface area contributed by atoms with Crippen LogP contribution in [0.2, 0.25) is 0 Å². The number of hydrogen-bond donors (Lipinski definition) is 1. The van der Waals surface area contributed by atoms with Gasteiger partial charge < -0.3 is 24.1 Å². The summed E-state index contributed by atoms with van der Waals surface area (Å²) in [4.78, 5) is 0. The number of methoxy groups -OCH3 is 2. The van der Waals surface area contributed by atoms with E-state index in [-0.39, 0.29) is 18.0 Å². The fraction of sp³-hybridized carbons (Fsp3) is 0.619. The highest BCUT2D eigenvalue weighted by Crippen LogP contribution is 2.51. The molecule has 0 aromatic heterocycles. The van der Waals surface area contributed by atoms with E-state index in [1.165, 1.54) is 0 Å². The lowest BCUT2D eigenvalue weighted by Crippen LogP contribution is -2.35. The van der Waals surface area contributed by atoms with E-state index in [1.807, 2.05) is 26.0 Å². The average molecular weight is 362 g/mol. The second kappa shape index (κ2) is 7.59. The molecule has 144 valence electrons. The van der Waals surface area contributed by atoms with E-state index in [0.29, 0.717) is 5.75 Å². The zero-order chi connectivity index (χ0) is 18.9. The van der Waals surface area contributed by atoms with Gasteiger partial charge in [0.05, 0.1) is 11.7 Å². The number of benzene rings is 1. The molecule has 0 bridgehead atoms. The standard InChI is InChI=1S/C21H30O5/c1-6-7-8-9-15-19(23-4)16-14(22)12-13-10-11-21(2,3)26-18(13)17(16)20(24-5)25-15/h10-12,15,19-20,22H,6-9H2,1-5H3/t15-,19-,20-/m0/s1. The molecule has 1 aromatic rings. The van der Waals surface area contributed by atoms with Crippen molar-refractivity contribution in [2.75, 3.05) is 14.2 Å². The van der Waals surface area contributed by atoms with Gasteiger partial charge in [0.1, 0.15) is 23.2 Å². The Balaban J connectivity index is 2.08. The van der Waals surface area contributed by atoms with E-state index in [1.54, 1.807) is 20.3 Å². The van der Waals surface area contributed by atoms with Gasteiger partial charge in [-0.05, 0) is 32.4 Å². The molecule has 2 aliphatic rings. The lowest BCUT2D eigenvalue weighted by molar-refractivity contribution is -0.206. The van der Waals surface area contributed by atoms with Gasteiger partial charge in [0.15, 0.2) is 6.29 Å². The Bertz CT molecular complexity index is 679. The van der Waals surface area contributed by atoms with Crippen LogP contribution in [0.3, 0.4) is 0 Å². The summed E-state index contributed by atoms with van der Waals surface area (Å²) in [5.41, 5.74) is 1.84. The number of ether oxygens (including phenoxy) is 4. The molecule has 0 unspecified atom stereocenters. The number of unbranched alkanes of at least 4 members (excludes halogenated alkanes) is 2. The van der Waals surface area contributed by atoms with Crippen LogP contribution in [0.25, 0.3) is 6.08 Å². The minimum atomic E-state index is -0.592. The minimum absolute atomic E-state index is 0.167. The normalized spacial score (nSPS) is 26.1. The highest BCUT2D eigenvalue weighted by atomic mass is 16.7. The van der Waals surface area contributed by atoms with Crippen LogP contribution in [0.1, 0.15) is 75.5 Å². The van der Waals surface area contributed by atoms with Crippen LogP contribution in [0, 0.1) is 0 Å². The summed E-state index contributed by atoms with van der Waals surface area (Å²) < 4.78 is 23.9. The number of phenols is 1. The number of hydrogen-bond acceptors (Lipinski definition) is 5. The summed E-state index contributed by atoms with van der Waals surface area (Å²) in [6, 6.07) is 1.74. The van der Waals surface area contributed by atoms with Gasteiger partial charge in [0.2, 0.25) is 0 Å². The van der Waals surface area contributed by atoms with E-state index in [9.17, 15) is 5.11 Å². The maximum absolute atomic E-state index is 10.8. The molecule has 0 aliphatic carbocycles. The molecule has 0 saturated carbocycles. The Morgan fingerprint density at radius 2 is 1.92 bits per heavy atom.